The van der Waals surface area contributed by atoms with Crippen molar-refractivity contribution in [2.24, 2.45) is 5.92 Å². The van der Waals surface area contributed by atoms with E-state index in [0.717, 1.165) is 31.7 Å². The van der Waals surface area contributed by atoms with E-state index in [0.29, 0.717) is 23.9 Å². The lowest BCUT2D eigenvalue weighted by molar-refractivity contribution is -0.133. The van der Waals surface area contributed by atoms with E-state index in [1.807, 2.05) is 17.8 Å². The van der Waals surface area contributed by atoms with Crippen molar-refractivity contribution in [3.8, 4) is 0 Å². The van der Waals surface area contributed by atoms with Crippen molar-refractivity contribution in [2.45, 2.75) is 56.2 Å². The molecule has 126 valence electrons. The highest BCUT2D eigenvalue weighted by molar-refractivity contribution is 7.99. The Balaban J connectivity index is 1.69. The third kappa shape index (κ3) is 3.92. The molecule has 2 saturated heterocycles. The molecule has 2 aliphatic rings. The topological polar surface area (TPSA) is 32.3 Å². The van der Waals surface area contributed by atoms with Gasteiger partial charge in [0, 0.05) is 24.4 Å². The lowest BCUT2D eigenvalue weighted by Crippen LogP contribution is -2.47. The molecule has 1 amide bonds. The molecule has 2 aliphatic heterocycles. The van der Waals surface area contributed by atoms with Crippen LogP contribution in [0.4, 0.5) is 0 Å². The number of hydrogen-bond acceptors (Lipinski definition) is 3. The first-order valence-electron chi connectivity index (χ1n) is 8.85. The second kappa shape index (κ2) is 7.71. The fourth-order valence-electron chi connectivity index (χ4n) is 3.80. The Kier molecular flexibility index (Phi) is 5.65. The molecule has 2 fully saturated rings. The van der Waals surface area contributed by atoms with Crippen molar-refractivity contribution in [2.75, 3.05) is 13.1 Å². The number of carbonyl (C=O) groups excluding carboxylic acids is 1. The predicted octanol–water partition coefficient (Wildman–Crippen LogP) is 3.30. The number of rotatable bonds is 5. The summed E-state index contributed by atoms with van der Waals surface area (Å²) in [5.41, 5.74) is 1.30. The molecule has 23 heavy (non-hydrogen) atoms. The summed E-state index contributed by atoms with van der Waals surface area (Å²) in [6.07, 6.45) is 3.46. The summed E-state index contributed by atoms with van der Waals surface area (Å²) in [5.74, 6) is 1.65. The van der Waals surface area contributed by atoms with Gasteiger partial charge in [-0.15, -0.1) is 11.8 Å². The van der Waals surface area contributed by atoms with Gasteiger partial charge in [0.2, 0.25) is 5.91 Å². The Morgan fingerprint density at radius 1 is 1.22 bits per heavy atom. The van der Waals surface area contributed by atoms with Crippen LogP contribution in [0.1, 0.15) is 38.7 Å². The van der Waals surface area contributed by atoms with Gasteiger partial charge >= 0.3 is 0 Å². The van der Waals surface area contributed by atoms with Crippen LogP contribution in [0.2, 0.25) is 0 Å². The molecule has 3 rings (SSSR count). The number of nitrogens with one attached hydrogen (secondary N) is 1. The van der Waals surface area contributed by atoms with Crippen LogP contribution in [0.5, 0.6) is 0 Å². The van der Waals surface area contributed by atoms with Crippen molar-refractivity contribution in [3.63, 3.8) is 0 Å². The quantitative estimate of drug-likeness (QED) is 0.898. The maximum absolute atomic E-state index is 13.3. The zero-order chi connectivity index (χ0) is 16.2. The third-order valence-corrected chi connectivity index (χ3v) is 6.64. The van der Waals surface area contributed by atoms with Crippen LogP contribution in [0.3, 0.4) is 0 Å². The van der Waals surface area contributed by atoms with Gasteiger partial charge in [-0.2, -0.15) is 0 Å². The number of thioether (sulfide) groups is 1. The number of fused-ring (bicyclic) bond motifs is 2. The molecule has 0 saturated carbocycles. The molecule has 4 heteroatoms. The van der Waals surface area contributed by atoms with Gasteiger partial charge in [0.15, 0.2) is 0 Å². The molecule has 3 nitrogen and oxygen atoms in total. The standard InChI is InChI=1S/C19H28N2OS/c1-14(2)18(23-13-15-6-4-3-5-7-15)19(22)21-16-8-9-17(21)12-20-11-10-16/h3-7,14,16-18,20H,8-13H2,1-2H3. The molecular formula is C19H28N2OS. The highest BCUT2D eigenvalue weighted by Crippen LogP contribution is 2.33. The van der Waals surface area contributed by atoms with E-state index in [1.54, 1.807) is 0 Å². The van der Waals surface area contributed by atoms with Gasteiger partial charge in [-0.05, 0) is 37.3 Å². The number of nitrogens with zero attached hydrogens (tertiary/aromatic N) is 1. The van der Waals surface area contributed by atoms with E-state index in [9.17, 15) is 4.79 Å². The summed E-state index contributed by atoms with van der Waals surface area (Å²) in [6.45, 7) is 6.38. The van der Waals surface area contributed by atoms with Gasteiger partial charge in [0.05, 0.1) is 5.25 Å². The average molecular weight is 333 g/mol. The van der Waals surface area contributed by atoms with E-state index >= 15 is 0 Å². The van der Waals surface area contributed by atoms with Crippen LogP contribution in [0, 0.1) is 5.92 Å². The van der Waals surface area contributed by atoms with Crippen molar-refractivity contribution < 1.29 is 4.79 Å². The molecule has 0 aromatic heterocycles. The predicted molar refractivity (Wildman–Crippen MR) is 97.5 cm³/mol. The van der Waals surface area contributed by atoms with Crippen LogP contribution in [-0.4, -0.2) is 41.2 Å². The number of amides is 1. The Bertz CT molecular complexity index is 505. The normalized spacial score (nSPS) is 25.4. The molecule has 0 radical (unpaired) electrons. The van der Waals surface area contributed by atoms with E-state index in [1.165, 1.54) is 12.0 Å². The fourth-order valence-corrected chi connectivity index (χ4v) is 5.01. The first-order valence-corrected chi connectivity index (χ1v) is 9.90. The molecule has 1 aromatic carbocycles. The maximum atomic E-state index is 13.3. The molecule has 2 bridgehead atoms. The minimum atomic E-state index is 0.0661. The first kappa shape index (κ1) is 16.8. The van der Waals surface area contributed by atoms with Gasteiger partial charge in [0.25, 0.3) is 0 Å². The SMILES string of the molecule is CC(C)C(SCc1ccccc1)C(=O)N1C2CCNCC1CC2. The Hall–Kier alpha value is -1.00. The van der Waals surface area contributed by atoms with E-state index < -0.39 is 0 Å². The van der Waals surface area contributed by atoms with Crippen LogP contribution in [-0.2, 0) is 10.5 Å². The zero-order valence-electron chi connectivity index (χ0n) is 14.2. The van der Waals surface area contributed by atoms with E-state index in [-0.39, 0.29) is 5.25 Å². The minimum absolute atomic E-state index is 0.0661. The molecule has 1 aromatic rings. The lowest BCUT2D eigenvalue weighted by atomic mass is 10.1. The largest absolute Gasteiger partial charge is 0.334 e. The molecule has 3 atom stereocenters. The molecule has 2 heterocycles. The number of carbonyl (C=O) groups is 1. The molecule has 0 spiro atoms. The Morgan fingerprint density at radius 2 is 1.96 bits per heavy atom. The molecule has 3 unspecified atom stereocenters. The summed E-state index contributed by atoms with van der Waals surface area (Å²) in [6, 6.07) is 11.4. The van der Waals surface area contributed by atoms with Crippen LogP contribution >= 0.6 is 11.8 Å². The number of benzene rings is 1. The van der Waals surface area contributed by atoms with Crippen molar-refractivity contribution in [1.29, 1.82) is 0 Å². The summed E-state index contributed by atoms with van der Waals surface area (Å²) >= 11 is 1.81. The first-order chi connectivity index (χ1) is 11.2. The Labute approximate surface area is 144 Å². The monoisotopic (exact) mass is 332 g/mol. The smallest absolute Gasteiger partial charge is 0.236 e. The van der Waals surface area contributed by atoms with Crippen molar-refractivity contribution in [1.82, 2.24) is 10.2 Å². The van der Waals surface area contributed by atoms with Crippen molar-refractivity contribution in [3.05, 3.63) is 35.9 Å². The van der Waals surface area contributed by atoms with Crippen LogP contribution in [0.15, 0.2) is 30.3 Å². The highest BCUT2D eigenvalue weighted by Gasteiger charge is 2.41. The summed E-state index contributed by atoms with van der Waals surface area (Å²) in [5, 5.41) is 3.55. The molecule has 0 aliphatic carbocycles. The maximum Gasteiger partial charge on any atom is 0.236 e. The second-order valence-corrected chi connectivity index (χ2v) is 8.21. The van der Waals surface area contributed by atoms with Gasteiger partial charge < -0.3 is 10.2 Å². The van der Waals surface area contributed by atoms with Crippen LogP contribution in [0.25, 0.3) is 0 Å². The minimum Gasteiger partial charge on any atom is -0.334 e. The lowest BCUT2D eigenvalue weighted by Gasteiger charge is -2.33. The molecular weight excluding hydrogens is 304 g/mol. The Morgan fingerprint density at radius 3 is 2.70 bits per heavy atom. The second-order valence-electron chi connectivity index (χ2n) is 7.08. The average Bonchev–Trinajstić information content (AvgIpc) is 2.81. The molecule has 1 N–H and O–H groups in total. The van der Waals surface area contributed by atoms with Gasteiger partial charge in [-0.1, -0.05) is 44.2 Å². The van der Waals surface area contributed by atoms with Crippen molar-refractivity contribution >= 4 is 17.7 Å². The summed E-state index contributed by atoms with van der Waals surface area (Å²) in [4.78, 5) is 15.5. The third-order valence-electron chi connectivity index (χ3n) is 5.03. The summed E-state index contributed by atoms with van der Waals surface area (Å²) < 4.78 is 0. The van der Waals surface area contributed by atoms with E-state index in [4.69, 9.17) is 0 Å². The highest BCUT2D eigenvalue weighted by atomic mass is 32.2. The van der Waals surface area contributed by atoms with E-state index in [2.05, 4.69) is 48.3 Å². The van der Waals surface area contributed by atoms with Gasteiger partial charge in [-0.25, -0.2) is 0 Å². The number of hydrogen-bond donors (Lipinski definition) is 1. The van der Waals surface area contributed by atoms with Crippen LogP contribution < -0.4 is 5.32 Å². The van der Waals surface area contributed by atoms with Gasteiger partial charge in [-0.3, -0.25) is 4.79 Å². The van der Waals surface area contributed by atoms with Gasteiger partial charge in [0.1, 0.15) is 0 Å². The zero-order valence-corrected chi connectivity index (χ0v) is 15.0. The summed E-state index contributed by atoms with van der Waals surface area (Å²) in [7, 11) is 0. The fraction of sp³-hybridized carbons (Fsp3) is 0.632.